The summed E-state index contributed by atoms with van der Waals surface area (Å²) >= 11 is 5.52. The normalized spacial score (nSPS) is 16.5. The second kappa shape index (κ2) is 5.58. The highest BCUT2D eigenvalue weighted by atomic mass is 35.5. The van der Waals surface area contributed by atoms with Crippen molar-refractivity contribution >= 4 is 11.6 Å². The zero-order chi connectivity index (χ0) is 8.85. The molecule has 1 N–H and O–H groups in total. The first-order chi connectivity index (χ1) is 5.13. The molecule has 0 aromatic carbocycles. The van der Waals surface area contributed by atoms with Crippen LogP contribution in [0.3, 0.4) is 0 Å². The number of nitrogens with zero attached hydrogens (tertiary/aromatic N) is 1. The second-order valence-electron chi connectivity index (χ2n) is 2.78. The van der Waals surface area contributed by atoms with Crippen molar-refractivity contribution in [3.05, 3.63) is 12.7 Å². The molecule has 0 saturated heterocycles. The van der Waals surface area contributed by atoms with Gasteiger partial charge in [0.05, 0.1) is 6.10 Å². The van der Waals surface area contributed by atoms with Crippen molar-refractivity contribution in [1.29, 1.82) is 0 Å². The van der Waals surface area contributed by atoms with Gasteiger partial charge in [-0.05, 0) is 20.5 Å². The highest BCUT2D eigenvalue weighted by Gasteiger charge is 2.18. The summed E-state index contributed by atoms with van der Waals surface area (Å²) in [4.78, 5) is 1.95. The number of hydrogen-bond donors (Lipinski definition) is 1. The number of likely N-dealkylation sites (N-methyl/N-ethyl adjacent to an activating group) is 1. The van der Waals surface area contributed by atoms with Crippen LogP contribution < -0.4 is 0 Å². The predicted molar refractivity (Wildman–Crippen MR) is 49.0 cm³/mol. The molecule has 11 heavy (non-hydrogen) atoms. The van der Waals surface area contributed by atoms with E-state index in [9.17, 15) is 5.11 Å². The SMILES string of the molecule is C=CCC(C(O)CCl)N(C)C. The van der Waals surface area contributed by atoms with Gasteiger partial charge < -0.3 is 10.0 Å². The zero-order valence-electron chi connectivity index (χ0n) is 7.13. The molecule has 0 radical (unpaired) electrons. The van der Waals surface area contributed by atoms with E-state index >= 15 is 0 Å². The van der Waals surface area contributed by atoms with Crippen molar-refractivity contribution in [1.82, 2.24) is 4.90 Å². The topological polar surface area (TPSA) is 23.5 Å². The molecular weight excluding hydrogens is 162 g/mol. The largest absolute Gasteiger partial charge is 0.390 e. The summed E-state index contributed by atoms with van der Waals surface area (Å²) in [6.07, 6.45) is 2.09. The summed E-state index contributed by atoms with van der Waals surface area (Å²) in [6.45, 7) is 3.62. The molecule has 3 heteroatoms. The molecule has 2 atom stereocenters. The van der Waals surface area contributed by atoms with Crippen molar-refractivity contribution in [3.63, 3.8) is 0 Å². The molecule has 0 bridgehead atoms. The van der Waals surface area contributed by atoms with Gasteiger partial charge in [0, 0.05) is 11.9 Å². The van der Waals surface area contributed by atoms with Gasteiger partial charge in [0.25, 0.3) is 0 Å². The highest BCUT2D eigenvalue weighted by Crippen LogP contribution is 2.07. The molecule has 0 aliphatic carbocycles. The summed E-state index contributed by atoms with van der Waals surface area (Å²) < 4.78 is 0. The first-order valence-corrected chi connectivity index (χ1v) is 4.18. The van der Waals surface area contributed by atoms with Crippen LogP contribution >= 0.6 is 11.6 Å². The van der Waals surface area contributed by atoms with Gasteiger partial charge in [0.1, 0.15) is 0 Å². The third kappa shape index (κ3) is 3.75. The second-order valence-corrected chi connectivity index (χ2v) is 3.09. The molecule has 0 amide bonds. The average Bonchev–Trinajstić information content (AvgIpc) is 1.98. The summed E-state index contributed by atoms with van der Waals surface area (Å²) in [7, 11) is 3.84. The Morgan fingerprint density at radius 1 is 1.64 bits per heavy atom. The van der Waals surface area contributed by atoms with Gasteiger partial charge in [-0.2, -0.15) is 0 Å². The minimum absolute atomic E-state index is 0.0880. The Morgan fingerprint density at radius 2 is 2.18 bits per heavy atom. The Labute approximate surface area is 73.5 Å². The fraction of sp³-hybridized carbons (Fsp3) is 0.750. The van der Waals surface area contributed by atoms with E-state index in [-0.39, 0.29) is 11.9 Å². The number of aliphatic hydroxyl groups excluding tert-OH is 1. The first kappa shape index (κ1) is 11.0. The molecule has 0 aliphatic heterocycles. The number of rotatable bonds is 5. The Kier molecular flexibility index (Phi) is 5.56. The number of hydrogen-bond acceptors (Lipinski definition) is 2. The number of alkyl halides is 1. The van der Waals surface area contributed by atoms with Gasteiger partial charge in [0.2, 0.25) is 0 Å². The molecule has 0 aliphatic rings. The Balaban J connectivity index is 3.96. The van der Waals surface area contributed by atoms with Gasteiger partial charge in [0.15, 0.2) is 0 Å². The zero-order valence-corrected chi connectivity index (χ0v) is 7.88. The lowest BCUT2D eigenvalue weighted by Crippen LogP contribution is -2.39. The van der Waals surface area contributed by atoms with Gasteiger partial charge in [-0.3, -0.25) is 0 Å². The van der Waals surface area contributed by atoms with E-state index in [0.29, 0.717) is 0 Å². The van der Waals surface area contributed by atoms with Gasteiger partial charge in [-0.15, -0.1) is 18.2 Å². The van der Waals surface area contributed by atoms with E-state index in [0.717, 1.165) is 6.42 Å². The minimum Gasteiger partial charge on any atom is -0.390 e. The molecular formula is C8H16ClNO. The fourth-order valence-electron chi connectivity index (χ4n) is 0.986. The molecule has 2 unspecified atom stereocenters. The van der Waals surface area contributed by atoms with Crippen molar-refractivity contribution in [3.8, 4) is 0 Å². The molecule has 0 fully saturated rings. The van der Waals surface area contributed by atoms with Crippen molar-refractivity contribution in [2.45, 2.75) is 18.6 Å². The van der Waals surface area contributed by atoms with Crippen LogP contribution in [-0.4, -0.2) is 42.1 Å². The Morgan fingerprint density at radius 3 is 2.45 bits per heavy atom. The maximum atomic E-state index is 9.40. The van der Waals surface area contributed by atoms with Crippen LogP contribution in [0.5, 0.6) is 0 Å². The molecule has 2 nitrogen and oxygen atoms in total. The van der Waals surface area contributed by atoms with Crippen molar-refractivity contribution in [2.75, 3.05) is 20.0 Å². The maximum Gasteiger partial charge on any atom is 0.0833 e. The van der Waals surface area contributed by atoms with Crippen LogP contribution in [0.4, 0.5) is 0 Å². The van der Waals surface area contributed by atoms with Crippen LogP contribution in [0.15, 0.2) is 12.7 Å². The lowest BCUT2D eigenvalue weighted by molar-refractivity contribution is 0.0946. The summed E-state index contributed by atoms with van der Waals surface area (Å²) in [5.74, 6) is 0.274. The summed E-state index contributed by atoms with van der Waals surface area (Å²) in [5, 5.41) is 9.40. The minimum atomic E-state index is -0.468. The lowest BCUT2D eigenvalue weighted by Gasteiger charge is -2.26. The highest BCUT2D eigenvalue weighted by molar-refractivity contribution is 6.18. The average molecular weight is 178 g/mol. The van der Waals surface area contributed by atoms with Gasteiger partial charge >= 0.3 is 0 Å². The van der Waals surface area contributed by atoms with Crippen LogP contribution in [-0.2, 0) is 0 Å². The fourth-order valence-corrected chi connectivity index (χ4v) is 1.19. The molecule has 0 aromatic heterocycles. The van der Waals surface area contributed by atoms with E-state index in [4.69, 9.17) is 11.6 Å². The molecule has 0 saturated carbocycles. The van der Waals surface area contributed by atoms with Crippen molar-refractivity contribution in [2.24, 2.45) is 0 Å². The van der Waals surface area contributed by atoms with E-state index in [1.807, 2.05) is 19.0 Å². The van der Waals surface area contributed by atoms with E-state index in [2.05, 4.69) is 6.58 Å². The van der Waals surface area contributed by atoms with Crippen LogP contribution in [0.2, 0.25) is 0 Å². The number of halogens is 1. The molecule has 66 valence electrons. The quantitative estimate of drug-likeness (QED) is 0.502. The van der Waals surface area contributed by atoms with E-state index in [1.165, 1.54) is 0 Å². The van der Waals surface area contributed by atoms with Gasteiger partial charge in [-0.1, -0.05) is 6.08 Å². The van der Waals surface area contributed by atoms with E-state index in [1.54, 1.807) is 6.08 Å². The monoisotopic (exact) mass is 177 g/mol. The van der Waals surface area contributed by atoms with Crippen molar-refractivity contribution < 1.29 is 5.11 Å². The Bertz CT molecular complexity index is 117. The standard InChI is InChI=1S/C8H16ClNO/c1-4-5-7(10(2)3)8(11)6-9/h4,7-8,11H,1,5-6H2,2-3H3. The smallest absolute Gasteiger partial charge is 0.0833 e. The predicted octanol–water partition coefficient (Wildman–Crippen LogP) is 1.09. The Hall–Kier alpha value is -0.0500. The maximum absolute atomic E-state index is 9.40. The van der Waals surface area contributed by atoms with E-state index < -0.39 is 6.10 Å². The number of aliphatic hydroxyl groups is 1. The summed E-state index contributed by atoms with van der Waals surface area (Å²) in [6, 6.07) is 0.0880. The molecule has 0 heterocycles. The molecule has 0 spiro atoms. The first-order valence-electron chi connectivity index (χ1n) is 3.64. The van der Waals surface area contributed by atoms with Crippen LogP contribution in [0.25, 0.3) is 0 Å². The summed E-state index contributed by atoms with van der Waals surface area (Å²) in [5.41, 5.74) is 0. The lowest BCUT2D eigenvalue weighted by atomic mass is 10.1. The van der Waals surface area contributed by atoms with Gasteiger partial charge in [-0.25, -0.2) is 0 Å². The molecule has 0 rings (SSSR count). The third-order valence-corrected chi connectivity index (χ3v) is 1.99. The third-order valence-electron chi connectivity index (χ3n) is 1.67. The van der Waals surface area contributed by atoms with Crippen LogP contribution in [0, 0.1) is 0 Å². The van der Waals surface area contributed by atoms with Crippen LogP contribution in [0.1, 0.15) is 6.42 Å². The molecule has 0 aromatic rings.